The molecule has 2 N–H and O–H groups in total. The summed E-state index contributed by atoms with van der Waals surface area (Å²) in [5, 5.41) is 9.46. The maximum atomic E-state index is 12.9. The van der Waals surface area contributed by atoms with Crippen LogP contribution in [0.25, 0.3) is 0 Å². The molecule has 0 bridgehead atoms. The number of aromatic amines is 1. The molecular formula is C17H19F3N4O3. The zero-order valence-electron chi connectivity index (χ0n) is 14.8. The third kappa shape index (κ3) is 4.21. The van der Waals surface area contributed by atoms with Gasteiger partial charge in [-0.05, 0) is 26.0 Å². The fourth-order valence-electron chi connectivity index (χ4n) is 2.98. The number of aromatic nitrogens is 3. The van der Waals surface area contributed by atoms with E-state index in [0.29, 0.717) is 6.42 Å². The highest BCUT2D eigenvalue weighted by Gasteiger charge is 2.35. The standard InChI is InChI=1S/C17H19F3N4O3/c1-9-8-11-13(10(2)27-9)23-24-14(11)15(25)21-6-7-26-16-12(17(18,19)20)4-3-5-22-16/h3-5,9-10H,6-8H2,1-2H3,(H,21,25)(H,23,24)/t9-,10+/m1/s1. The van der Waals surface area contributed by atoms with Crippen molar-refractivity contribution < 1.29 is 27.4 Å². The Kier molecular flexibility index (Phi) is 5.36. The number of amides is 1. The van der Waals surface area contributed by atoms with Crippen LogP contribution in [0.1, 0.15) is 47.3 Å². The SMILES string of the molecule is C[C@@H]1Cc2c(C(=O)NCCOc3ncccc3C(F)(F)F)n[nH]c2[C@H](C)O1. The van der Waals surface area contributed by atoms with Crippen molar-refractivity contribution in [2.24, 2.45) is 0 Å². The number of carbonyl (C=O) groups excluding carboxylic acids is 1. The molecule has 146 valence electrons. The van der Waals surface area contributed by atoms with E-state index in [4.69, 9.17) is 9.47 Å². The van der Waals surface area contributed by atoms with Crippen molar-refractivity contribution in [3.63, 3.8) is 0 Å². The maximum Gasteiger partial charge on any atom is 0.421 e. The van der Waals surface area contributed by atoms with Gasteiger partial charge in [-0.3, -0.25) is 9.89 Å². The van der Waals surface area contributed by atoms with Gasteiger partial charge in [0, 0.05) is 18.2 Å². The Hall–Kier alpha value is -2.62. The molecule has 10 heteroatoms. The third-order valence-corrected chi connectivity index (χ3v) is 4.15. The molecule has 0 aromatic carbocycles. The fourth-order valence-corrected chi connectivity index (χ4v) is 2.98. The van der Waals surface area contributed by atoms with Crippen LogP contribution >= 0.6 is 0 Å². The van der Waals surface area contributed by atoms with Crippen LogP contribution in [0.15, 0.2) is 18.3 Å². The Bertz CT molecular complexity index is 822. The van der Waals surface area contributed by atoms with Gasteiger partial charge in [-0.2, -0.15) is 18.3 Å². The van der Waals surface area contributed by atoms with Crippen molar-refractivity contribution in [1.29, 1.82) is 0 Å². The molecule has 2 atom stereocenters. The summed E-state index contributed by atoms with van der Waals surface area (Å²) in [6.45, 7) is 3.63. The van der Waals surface area contributed by atoms with Gasteiger partial charge in [0.25, 0.3) is 5.91 Å². The number of nitrogens with zero attached hydrogens (tertiary/aromatic N) is 2. The molecule has 1 aliphatic heterocycles. The quantitative estimate of drug-likeness (QED) is 0.774. The van der Waals surface area contributed by atoms with Gasteiger partial charge >= 0.3 is 6.18 Å². The molecule has 3 rings (SSSR count). The van der Waals surface area contributed by atoms with Crippen molar-refractivity contribution in [3.8, 4) is 5.88 Å². The second-order valence-corrected chi connectivity index (χ2v) is 6.22. The minimum absolute atomic E-state index is 0.00987. The summed E-state index contributed by atoms with van der Waals surface area (Å²) in [7, 11) is 0. The van der Waals surface area contributed by atoms with Crippen LogP contribution in [0.5, 0.6) is 5.88 Å². The van der Waals surface area contributed by atoms with E-state index in [-0.39, 0.29) is 31.1 Å². The molecular weight excluding hydrogens is 365 g/mol. The molecule has 0 aliphatic carbocycles. The van der Waals surface area contributed by atoms with E-state index in [9.17, 15) is 18.0 Å². The number of halogens is 3. The number of pyridine rings is 1. The number of H-pyrrole nitrogens is 1. The maximum absolute atomic E-state index is 12.9. The van der Waals surface area contributed by atoms with Crippen LogP contribution in [-0.4, -0.2) is 40.3 Å². The van der Waals surface area contributed by atoms with Crippen LogP contribution in [0, 0.1) is 0 Å². The van der Waals surface area contributed by atoms with E-state index in [0.717, 1.165) is 17.3 Å². The zero-order valence-corrected chi connectivity index (χ0v) is 14.8. The number of fused-ring (bicyclic) bond motifs is 1. The largest absolute Gasteiger partial charge is 0.475 e. The summed E-state index contributed by atoms with van der Waals surface area (Å²) >= 11 is 0. The topological polar surface area (TPSA) is 89.1 Å². The Morgan fingerprint density at radius 2 is 2.22 bits per heavy atom. The average molecular weight is 384 g/mol. The molecule has 27 heavy (non-hydrogen) atoms. The molecule has 0 saturated carbocycles. The molecule has 0 radical (unpaired) electrons. The fraction of sp³-hybridized carbons (Fsp3) is 0.471. The summed E-state index contributed by atoms with van der Waals surface area (Å²) in [5.41, 5.74) is 0.864. The zero-order chi connectivity index (χ0) is 19.6. The van der Waals surface area contributed by atoms with Crippen molar-refractivity contribution >= 4 is 5.91 Å². The summed E-state index contributed by atoms with van der Waals surface area (Å²) < 4.78 is 49.4. The number of ether oxygens (including phenoxy) is 2. The lowest BCUT2D eigenvalue weighted by atomic mass is 9.99. The van der Waals surface area contributed by atoms with Crippen molar-refractivity contribution in [2.45, 2.75) is 38.7 Å². The number of nitrogens with one attached hydrogen (secondary N) is 2. The molecule has 1 amide bonds. The summed E-state index contributed by atoms with van der Waals surface area (Å²) in [5.74, 6) is -0.939. The van der Waals surface area contributed by atoms with Crippen molar-refractivity contribution in [1.82, 2.24) is 20.5 Å². The normalized spacial score (nSPS) is 19.4. The molecule has 7 nitrogen and oxygen atoms in total. The Balaban J connectivity index is 1.58. The van der Waals surface area contributed by atoms with Gasteiger partial charge in [0.15, 0.2) is 5.69 Å². The van der Waals surface area contributed by atoms with Crippen LogP contribution in [0.3, 0.4) is 0 Å². The Morgan fingerprint density at radius 3 is 2.96 bits per heavy atom. The first-order valence-corrected chi connectivity index (χ1v) is 8.43. The minimum Gasteiger partial charge on any atom is -0.475 e. The lowest BCUT2D eigenvalue weighted by molar-refractivity contribution is -0.139. The summed E-state index contributed by atoms with van der Waals surface area (Å²) in [6.07, 6.45) is -3.02. The molecule has 0 unspecified atom stereocenters. The highest BCUT2D eigenvalue weighted by atomic mass is 19.4. The lowest BCUT2D eigenvalue weighted by Gasteiger charge is -2.25. The van der Waals surface area contributed by atoms with Gasteiger partial charge in [0.2, 0.25) is 5.88 Å². The first-order valence-electron chi connectivity index (χ1n) is 8.43. The highest BCUT2D eigenvalue weighted by Crippen LogP contribution is 2.34. The first kappa shape index (κ1) is 19.2. The Morgan fingerprint density at radius 1 is 1.44 bits per heavy atom. The van der Waals surface area contributed by atoms with Crippen LogP contribution in [0.4, 0.5) is 13.2 Å². The highest BCUT2D eigenvalue weighted by molar-refractivity contribution is 5.94. The number of hydrogen-bond acceptors (Lipinski definition) is 5. The van der Waals surface area contributed by atoms with Gasteiger partial charge in [-0.25, -0.2) is 4.98 Å². The van der Waals surface area contributed by atoms with E-state index in [1.165, 1.54) is 12.3 Å². The van der Waals surface area contributed by atoms with Gasteiger partial charge in [0.1, 0.15) is 12.2 Å². The van der Waals surface area contributed by atoms with E-state index in [2.05, 4.69) is 20.5 Å². The number of hydrogen-bond donors (Lipinski definition) is 2. The second-order valence-electron chi connectivity index (χ2n) is 6.22. The molecule has 2 aromatic rings. The predicted molar refractivity (Wildman–Crippen MR) is 88.3 cm³/mol. The van der Waals surface area contributed by atoms with Crippen molar-refractivity contribution in [3.05, 3.63) is 40.8 Å². The van der Waals surface area contributed by atoms with E-state index in [1.807, 2.05) is 13.8 Å². The van der Waals surface area contributed by atoms with Gasteiger partial charge in [-0.1, -0.05) is 0 Å². The summed E-state index contributed by atoms with van der Waals surface area (Å²) in [4.78, 5) is 15.9. The van der Waals surface area contributed by atoms with Gasteiger partial charge in [-0.15, -0.1) is 0 Å². The average Bonchev–Trinajstić information content (AvgIpc) is 3.02. The summed E-state index contributed by atoms with van der Waals surface area (Å²) in [6, 6.07) is 2.07. The number of rotatable bonds is 5. The van der Waals surface area contributed by atoms with E-state index < -0.39 is 23.5 Å². The van der Waals surface area contributed by atoms with Crippen LogP contribution in [-0.2, 0) is 17.3 Å². The van der Waals surface area contributed by atoms with E-state index >= 15 is 0 Å². The number of carbonyl (C=O) groups is 1. The number of alkyl halides is 3. The van der Waals surface area contributed by atoms with Crippen molar-refractivity contribution in [2.75, 3.05) is 13.2 Å². The molecule has 3 heterocycles. The predicted octanol–water partition coefficient (Wildman–Crippen LogP) is 2.65. The Labute approximate surface area is 153 Å². The van der Waals surface area contributed by atoms with E-state index in [1.54, 1.807) is 0 Å². The van der Waals surface area contributed by atoms with Crippen LogP contribution in [0.2, 0.25) is 0 Å². The molecule has 0 spiro atoms. The lowest BCUT2D eigenvalue weighted by Crippen LogP contribution is -2.30. The first-order chi connectivity index (χ1) is 12.8. The molecule has 0 saturated heterocycles. The van der Waals surface area contributed by atoms with Gasteiger partial charge in [0.05, 0.1) is 24.4 Å². The second kappa shape index (κ2) is 7.55. The monoisotopic (exact) mass is 384 g/mol. The third-order valence-electron chi connectivity index (χ3n) is 4.15. The van der Waals surface area contributed by atoms with Crippen LogP contribution < -0.4 is 10.1 Å². The smallest absolute Gasteiger partial charge is 0.421 e. The molecule has 0 fully saturated rings. The van der Waals surface area contributed by atoms with Gasteiger partial charge < -0.3 is 14.8 Å². The minimum atomic E-state index is -4.56. The molecule has 1 aliphatic rings. The molecule has 2 aromatic heterocycles.